The Morgan fingerprint density at radius 2 is 2.26 bits per heavy atom. The average Bonchev–Trinajstić information content (AvgIpc) is 3.10. The second kappa shape index (κ2) is 4.97. The fraction of sp³-hybridized carbons (Fsp3) is 0.385. The predicted molar refractivity (Wildman–Crippen MR) is 65.8 cm³/mol. The van der Waals surface area contributed by atoms with E-state index >= 15 is 0 Å². The first-order valence-electron chi connectivity index (χ1n) is 6.24. The zero-order valence-electron chi connectivity index (χ0n) is 10.3. The van der Waals surface area contributed by atoms with Crippen molar-refractivity contribution in [3.8, 4) is 17.1 Å². The van der Waals surface area contributed by atoms with Gasteiger partial charge in [-0.3, -0.25) is 0 Å². The molecule has 0 radical (unpaired) electrons. The highest BCUT2D eigenvalue weighted by Gasteiger charge is 2.20. The van der Waals surface area contributed by atoms with Gasteiger partial charge in [-0.1, -0.05) is 5.16 Å². The fourth-order valence-electron chi connectivity index (χ4n) is 1.80. The van der Waals surface area contributed by atoms with E-state index in [9.17, 15) is 4.39 Å². The van der Waals surface area contributed by atoms with Crippen LogP contribution in [0.2, 0.25) is 0 Å². The molecule has 5 nitrogen and oxygen atoms in total. The van der Waals surface area contributed by atoms with E-state index in [2.05, 4.69) is 15.5 Å². The maximum Gasteiger partial charge on any atom is 0.240 e. The largest absolute Gasteiger partial charge is 0.505 e. The number of halogens is 1. The third-order valence-electron chi connectivity index (χ3n) is 3.08. The number of phenolic OH excluding ortho intramolecular Hbond substituents is 1. The van der Waals surface area contributed by atoms with Gasteiger partial charge >= 0.3 is 0 Å². The Kier molecular flexibility index (Phi) is 3.16. The van der Waals surface area contributed by atoms with E-state index in [4.69, 9.17) is 9.63 Å². The first kappa shape index (κ1) is 12.1. The molecular formula is C13H14FN3O2. The Hall–Kier alpha value is -1.95. The number of benzene rings is 1. The van der Waals surface area contributed by atoms with Gasteiger partial charge in [0.15, 0.2) is 11.6 Å². The molecule has 0 unspecified atom stereocenters. The van der Waals surface area contributed by atoms with E-state index in [-0.39, 0.29) is 0 Å². The number of aromatic hydroxyl groups is 1. The summed E-state index contributed by atoms with van der Waals surface area (Å²) in [5, 5.41) is 16.2. The molecule has 6 heteroatoms. The summed E-state index contributed by atoms with van der Waals surface area (Å²) in [6, 6.07) is 4.00. The number of rotatable bonds is 5. The summed E-state index contributed by atoms with van der Waals surface area (Å²) in [6.45, 7) is 1.48. The van der Waals surface area contributed by atoms with Gasteiger partial charge in [0.05, 0.1) is 6.54 Å². The minimum atomic E-state index is -0.698. The number of nitrogens with zero attached hydrogens (tertiary/aromatic N) is 2. The molecule has 1 saturated carbocycles. The number of hydrogen-bond acceptors (Lipinski definition) is 5. The molecule has 0 atom stereocenters. The zero-order chi connectivity index (χ0) is 13.2. The van der Waals surface area contributed by atoms with Crippen LogP contribution in [0.15, 0.2) is 22.7 Å². The van der Waals surface area contributed by atoms with Crippen molar-refractivity contribution in [1.29, 1.82) is 0 Å². The summed E-state index contributed by atoms with van der Waals surface area (Å²) in [5.41, 5.74) is 0.479. The van der Waals surface area contributed by atoms with Crippen molar-refractivity contribution in [1.82, 2.24) is 15.5 Å². The standard InChI is InChI=1S/C13H14FN3O2/c14-10-5-9(3-4-11(10)18)13-16-12(19-17-13)7-15-6-8-1-2-8/h3-5,8,15,18H,1-2,6-7H2. The third-order valence-corrected chi connectivity index (χ3v) is 3.08. The lowest BCUT2D eigenvalue weighted by Crippen LogP contribution is -2.16. The van der Waals surface area contributed by atoms with Crippen LogP contribution in [0, 0.1) is 11.7 Å². The highest BCUT2D eigenvalue weighted by molar-refractivity contribution is 5.55. The summed E-state index contributed by atoms with van der Waals surface area (Å²) < 4.78 is 18.3. The Morgan fingerprint density at radius 3 is 3.00 bits per heavy atom. The monoisotopic (exact) mass is 263 g/mol. The SMILES string of the molecule is Oc1ccc(-c2noc(CNCC3CC3)n2)cc1F. The number of hydrogen-bond donors (Lipinski definition) is 2. The van der Waals surface area contributed by atoms with Crippen molar-refractivity contribution < 1.29 is 14.0 Å². The number of nitrogens with one attached hydrogen (secondary N) is 1. The summed E-state index contributed by atoms with van der Waals surface area (Å²) in [7, 11) is 0. The molecule has 19 heavy (non-hydrogen) atoms. The smallest absolute Gasteiger partial charge is 0.240 e. The van der Waals surface area contributed by atoms with Crippen molar-refractivity contribution in [2.45, 2.75) is 19.4 Å². The summed E-state index contributed by atoms with van der Waals surface area (Å²) in [4.78, 5) is 4.18. The van der Waals surface area contributed by atoms with Crippen LogP contribution in [-0.4, -0.2) is 21.8 Å². The number of phenols is 1. The lowest BCUT2D eigenvalue weighted by atomic mass is 10.2. The molecule has 1 aliphatic carbocycles. The van der Waals surface area contributed by atoms with Crippen molar-refractivity contribution in [2.75, 3.05) is 6.54 Å². The molecule has 2 N–H and O–H groups in total. The molecule has 1 aromatic heterocycles. The van der Waals surface area contributed by atoms with Gasteiger partial charge in [-0.2, -0.15) is 4.98 Å². The fourth-order valence-corrected chi connectivity index (χ4v) is 1.80. The predicted octanol–water partition coefficient (Wildman–Crippen LogP) is 2.08. The van der Waals surface area contributed by atoms with Crippen LogP contribution in [0.5, 0.6) is 5.75 Å². The lowest BCUT2D eigenvalue weighted by Gasteiger charge is -1.98. The van der Waals surface area contributed by atoms with E-state index in [1.54, 1.807) is 6.07 Å². The highest BCUT2D eigenvalue weighted by atomic mass is 19.1. The second-order valence-corrected chi connectivity index (χ2v) is 4.75. The van der Waals surface area contributed by atoms with E-state index in [0.29, 0.717) is 23.8 Å². The quantitative estimate of drug-likeness (QED) is 0.864. The number of aromatic nitrogens is 2. The second-order valence-electron chi connectivity index (χ2n) is 4.75. The molecule has 1 fully saturated rings. The maximum atomic E-state index is 13.2. The molecule has 1 aromatic carbocycles. The summed E-state index contributed by atoms with van der Waals surface area (Å²) in [6.07, 6.45) is 2.57. The molecule has 0 spiro atoms. The molecule has 100 valence electrons. The van der Waals surface area contributed by atoms with E-state index in [1.165, 1.54) is 25.0 Å². The summed E-state index contributed by atoms with van der Waals surface area (Å²) in [5.74, 6) is 0.495. The van der Waals surface area contributed by atoms with Crippen LogP contribution in [0.25, 0.3) is 11.4 Å². The highest BCUT2D eigenvalue weighted by Crippen LogP contribution is 2.27. The van der Waals surface area contributed by atoms with Crippen LogP contribution >= 0.6 is 0 Å². The van der Waals surface area contributed by atoms with Gasteiger partial charge in [0.2, 0.25) is 11.7 Å². The first-order valence-corrected chi connectivity index (χ1v) is 6.24. The van der Waals surface area contributed by atoms with E-state index in [1.807, 2.05) is 0 Å². The van der Waals surface area contributed by atoms with Gasteiger partial charge in [-0.15, -0.1) is 0 Å². The topological polar surface area (TPSA) is 71.2 Å². The average molecular weight is 263 g/mol. The Labute approximate surface area is 109 Å². The van der Waals surface area contributed by atoms with Crippen LogP contribution in [0.1, 0.15) is 18.7 Å². The van der Waals surface area contributed by atoms with E-state index < -0.39 is 11.6 Å². The molecular weight excluding hydrogens is 249 g/mol. The van der Waals surface area contributed by atoms with Gasteiger partial charge in [0.25, 0.3) is 0 Å². The third kappa shape index (κ3) is 2.90. The Balaban J connectivity index is 1.67. The van der Waals surface area contributed by atoms with Gasteiger partial charge in [-0.25, -0.2) is 4.39 Å². The molecule has 1 heterocycles. The van der Waals surface area contributed by atoms with E-state index in [0.717, 1.165) is 12.5 Å². The molecule has 1 aliphatic rings. The molecule has 2 aromatic rings. The molecule has 0 amide bonds. The first-order chi connectivity index (χ1) is 9.22. The minimum Gasteiger partial charge on any atom is -0.505 e. The van der Waals surface area contributed by atoms with Crippen molar-refractivity contribution >= 4 is 0 Å². The van der Waals surface area contributed by atoms with Gasteiger partial charge in [-0.05, 0) is 43.5 Å². The van der Waals surface area contributed by atoms with Crippen LogP contribution < -0.4 is 5.32 Å². The van der Waals surface area contributed by atoms with Crippen LogP contribution in [0.4, 0.5) is 4.39 Å². The van der Waals surface area contributed by atoms with Crippen molar-refractivity contribution in [3.05, 3.63) is 29.9 Å². The van der Waals surface area contributed by atoms with Crippen LogP contribution in [-0.2, 0) is 6.54 Å². The summed E-state index contributed by atoms with van der Waals surface area (Å²) >= 11 is 0. The van der Waals surface area contributed by atoms with Crippen LogP contribution in [0.3, 0.4) is 0 Å². The van der Waals surface area contributed by atoms with Gasteiger partial charge < -0.3 is 14.9 Å². The molecule has 0 aliphatic heterocycles. The van der Waals surface area contributed by atoms with Gasteiger partial charge in [0, 0.05) is 5.56 Å². The normalized spacial score (nSPS) is 14.8. The van der Waals surface area contributed by atoms with Gasteiger partial charge in [0.1, 0.15) is 0 Å². The lowest BCUT2D eigenvalue weighted by molar-refractivity contribution is 0.367. The van der Waals surface area contributed by atoms with Crippen molar-refractivity contribution in [2.24, 2.45) is 5.92 Å². The molecule has 3 rings (SSSR count). The zero-order valence-corrected chi connectivity index (χ0v) is 10.3. The Morgan fingerprint density at radius 1 is 1.42 bits per heavy atom. The molecule has 0 bridgehead atoms. The Bertz CT molecular complexity index is 581. The van der Waals surface area contributed by atoms with Crippen molar-refractivity contribution in [3.63, 3.8) is 0 Å². The minimum absolute atomic E-state index is 0.321. The molecule has 0 saturated heterocycles. The maximum absolute atomic E-state index is 13.2.